The van der Waals surface area contributed by atoms with Crippen LogP contribution >= 0.6 is 11.6 Å². The fourth-order valence-electron chi connectivity index (χ4n) is 2.93. The molecular formula is C16H17ClN4O2. The van der Waals surface area contributed by atoms with E-state index in [1.165, 1.54) is 0 Å². The second kappa shape index (κ2) is 6.42. The average Bonchev–Trinajstić information content (AvgIpc) is 3.10. The molecule has 2 aromatic rings. The molecule has 1 aromatic heterocycles. The summed E-state index contributed by atoms with van der Waals surface area (Å²) < 4.78 is 0. The maximum Gasteiger partial charge on any atom is 0.226 e. The number of likely N-dealkylation sites (N-methyl/N-ethyl adjacent to an activating group) is 1. The van der Waals surface area contributed by atoms with Gasteiger partial charge in [0.25, 0.3) is 0 Å². The first-order chi connectivity index (χ1) is 11.0. The summed E-state index contributed by atoms with van der Waals surface area (Å²) >= 11 is 5.92. The van der Waals surface area contributed by atoms with Gasteiger partial charge in [-0.15, -0.1) is 0 Å². The van der Waals surface area contributed by atoms with E-state index in [1.807, 2.05) is 12.1 Å². The van der Waals surface area contributed by atoms with E-state index in [4.69, 9.17) is 11.6 Å². The van der Waals surface area contributed by atoms with Crippen molar-refractivity contribution in [2.24, 2.45) is 0 Å². The number of benzene rings is 1. The third-order valence-electron chi connectivity index (χ3n) is 4.05. The van der Waals surface area contributed by atoms with Crippen molar-refractivity contribution in [3.05, 3.63) is 52.8 Å². The van der Waals surface area contributed by atoms with Gasteiger partial charge >= 0.3 is 0 Å². The van der Waals surface area contributed by atoms with Crippen molar-refractivity contribution in [3.8, 4) is 0 Å². The van der Waals surface area contributed by atoms with Crippen molar-refractivity contribution in [3.63, 3.8) is 0 Å². The van der Waals surface area contributed by atoms with Gasteiger partial charge in [-0.2, -0.15) is 5.10 Å². The highest BCUT2D eigenvalue weighted by molar-refractivity contribution is 6.30. The number of carbonyl (C=O) groups is 2. The summed E-state index contributed by atoms with van der Waals surface area (Å²) in [5.41, 5.74) is 1.69. The molecule has 2 atom stereocenters. The number of nitrogens with one attached hydrogen (secondary N) is 2. The Balaban J connectivity index is 1.75. The summed E-state index contributed by atoms with van der Waals surface area (Å²) in [5, 5.41) is 10.2. The van der Waals surface area contributed by atoms with Crippen LogP contribution in [0.15, 0.2) is 36.5 Å². The number of H-pyrrole nitrogens is 1. The minimum absolute atomic E-state index is 0.0109. The standard InChI is InChI=1S/C16H17ClN4O2/c1-21-15(23)9-13(16(21)10-2-4-11(17)5-3-10)19-14(22)8-12-6-7-18-20-12/h2-7,13,16H,8-9H2,1H3,(H,18,20)(H,19,22)/t13-,16-/m1/s1. The number of carbonyl (C=O) groups excluding carboxylic acids is 2. The lowest BCUT2D eigenvalue weighted by atomic mass is 10.00. The van der Waals surface area contributed by atoms with Gasteiger partial charge in [-0.1, -0.05) is 23.7 Å². The zero-order chi connectivity index (χ0) is 16.4. The molecule has 6 nitrogen and oxygen atoms in total. The van der Waals surface area contributed by atoms with Crippen LogP contribution in [0.25, 0.3) is 0 Å². The number of halogens is 1. The molecule has 0 spiro atoms. The Morgan fingerprint density at radius 1 is 1.39 bits per heavy atom. The summed E-state index contributed by atoms with van der Waals surface area (Å²) in [6.07, 6.45) is 2.10. The molecule has 1 aliphatic rings. The highest BCUT2D eigenvalue weighted by Crippen LogP contribution is 2.32. The number of hydrogen-bond acceptors (Lipinski definition) is 3. The summed E-state index contributed by atoms with van der Waals surface area (Å²) in [6.45, 7) is 0. The highest BCUT2D eigenvalue weighted by atomic mass is 35.5. The van der Waals surface area contributed by atoms with Crippen LogP contribution in [0.3, 0.4) is 0 Å². The number of aromatic nitrogens is 2. The highest BCUT2D eigenvalue weighted by Gasteiger charge is 2.39. The number of likely N-dealkylation sites (tertiary alicyclic amines) is 1. The monoisotopic (exact) mass is 332 g/mol. The second-order valence-corrected chi connectivity index (χ2v) is 6.07. The smallest absolute Gasteiger partial charge is 0.226 e. The molecule has 23 heavy (non-hydrogen) atoms. The van der Waals surface area contributed by atoms with E-state index in [0.29, 0.717) is 11.4 Å². The zero-order valence-corrected chi connectivity index (χ0v) is 13.4. The predicted octanol–water partition coefficient (Wildman–Crippen LogP) is 1.69. The van der Waals surface area contributed by atoms with Crippen LogP contribution in [0.1, 0.15) is 23.7 Å². The summed E-state index contributed by atoms with van der Waals surface area (Å²) in [6, 6.07) is 8.65. The van der Waals surface area contributed by atoms with Crippen LogP contribution in [-0.4, -0.2) is 40.0 Å². The topological polar surface area (TPSA) is 78.1 Å². The lowest BCUT2D eigenvalue weighted by molar-refractivity contribution is -0.127. The molecule has 0 aliphatic carbocycles. The largest absolute Gasteiger partial charge is 0.350 e. The number of aromatic amines is 1. The molecule has 2 heterocycles. The Hall–Kier alpha value is -2.34. The second-order valence-electron chi connectivity index (χ2n) is 5.64. The van der Waals surface area contributed by atoms with Crippen molar-refractivity contribution in [2.75, 3.05) is 7.05 Å². The Bertz CT molecular complexity index is 699. The van der Waals surface area contributed by atoms with Crippen LogP contribution in [0.4, 0.5) is 0 Å². The van der Waals surface area contributed by atoms with Gasteiger partial charge in [-0.3, -0.25) is 14.7 Å². The fraction of sp³-hybridized carbons (Fsp3) is 0.312. The summed E-state index contributed by atoms with van der Waals surface area (Å²) in [7, 11) is 1.75. The van der Waals surface area contributed by atoms with Crippen LogP contribution in [0, 0.1) is 0 Å². The van der Waals surface area contributed by atoms with Crippen molar-refractivity contribution >= 4 is 23.4 Å². The van der Waals surface area contributed by atoms with Crippen LogP contribution in [0.2, 0.25) is 5.02 Å². The predicted molar refractivity (Wildman–Crippen MR) is 85.8 cm³/mol. The van der Waals surface area contributed by atoms with E-state index in [-0.39, 0.29) is 30.3 Å². The van der Waals surface area contributed by atoms with Gasteiger partial charge in [-0.25, -0.2) is 0 Å². The van der Waals surface area contributed by atoms with Crippen molar-refractivity contribution in [1.82, 2.24) is 20.4 Å². The van der Waals surface area contributed by atoms with E-state index < -0.39 is 0 Å². The normalized spacial score (nSPS) is 20.8. The third kappa shape index (κ3) is 3.37. The molecule has 1 aromatic carbocycles. The van der Waals surface area contributed by atoms with E-state index in [1.54, 1.807) is 36.3 Å². The van der Waals surface area contributed by atoms with Gasteiger partial charge in [0.2, 0.25) is 11.8 Å². The third-order valence-corrected chi connectivity index (χ3v) is 4.31. The van der Waals surface area contributed by atoms with Gasteiger partial charge in [0.1, 0.15) is 0 Å². The van der Waals surface area contributed by atoms with E-state index in [2.05, 4.69) is 15.5 Å². The molecule has 120 valence electrons. The van der Waals surface area contributed by atoms with E-state index >= 15 is 0 Å². The first-order valence-electron chi connectivity index (χ1n) is 7.33. The number of amides is 2. The Kier molecular flexibility index (Phi) is 4.34. The first-order valence-corrected chi connectivity index (χ1v) is 7.71. The van der Waals surface area contributed by atoms with Crippen molar-refractivity contribution < 1.29 is 9.59 Å². The molecule has 2 amide bonds. The van der Waals surface area contributed by atoms with Gasteiger partial charge in [0.05, 0.1) is 18.5 Å². The van der Waals surface area contributed by atoms with Gasteiger partial charge in [0, 0.05) is 30.4 Å². The first kappa shape index (κ1) is 15.6. The molecule has 0 bridgehead atoms. The number of rotatable bonds is 4. The molecule has 0 radical (unpaired) electrons. The molecule has 1 saturated heterocycles. The lowest BCUT2D eigenvalue weighted by Gasteiger charge is -2.26. The maximum atomic E-state index is 12.2. The molecule has 7 heteroatoms. The van der Waals surface area contributed by atoms with Gasteiger partial charge < -0.3 is 10.2 Å². The van der Waals surface area contributed by atoms with Crippen LogP contribution < -0.4 is 5.32 Å². The minimum Gasteiger partial charge on any atom is -0.350 e. The molecule has 1 fully saturated rings. The van der Waals surface area contributed by atoms with Gasteiger partial charge in [-0.05, 0) is 23.8 Å². The van der Waals surface area contributed by atoms with E-state index in [0.717, 1.165) is 11.3 Å². The number of hydrogen-bond donors (Lipinski definition) is 2. The lowest BCUT2D eigenvalue weighted by Crippen LogP contribution is -2.39. The van der Waals surface area contributed by atoms with Crippen molar-refractivity contribution in [2.45, 2.75) is 24.9 Å². The van der Waals surface area contributed by atoms with E-state index in [9.17, 15) is 9.59 Å². The Labute approximate surface area is 138 Å². The molecule has 1 aliphatic heterocycles. The molecule has 2 N–H and O–H groups in total. The molecule has 0 unspecified atom stereocenters. The Morgan fingerprint density at radius 3 is 2.78 bits per heavy atom. The van der Waals surface area contributed by atoms with Crippen LogP contribution in [0.5, 0.6) is 0 Å². The fourth-order valence-corrected chi connectivity index (χ4v) is 3.05. The summed E-state index contributed by atoms with van der Waals surface area (Å²) in [5.74, 6) is -0.127. The SMILES string of the molecule is CN1C(=O)C[C@@H](NC(=O)Cc2ccn[nH]2)[C@H]1c1ccc(Cl)cc1. The van der Waals surface area contributed by atoms with Crippen molar-refractivity contribution in [1.29, 1.82) is 0 Å². The Morgan fingerprint density at radius 2 is 2.13 bits per heavy atom. The summed E-state index contributed by atoms with van der Waals surface area (Å²) in [4.78, 5) is 25.9. The average molecular weight is 333 g/mol. The molecule has 3 rings (SSSR count). The maximum absolute atomic E-state index is 12.2. The zero-order valence-electron chi connectivity index (χ0n) is 12.6. The molecular weight excluding hydrogens is 316 g/mol. The quantitative estimate of drug-likeness (QED) is 0.894. The minimum atomic E-state index is -0.260. The van der Waals surface area contributed by atoms with Gasteiger partial charge in [0.15, 0.2) is 0 Å². The molecule has 0 saturated carbocycles. The number of nitrogens with zero attached hydrogens (tertiary/aromatic N) is 2. The van der Waals surface area contributed by atoms with Crippen LogP contribution in [-0.2, 0) is 16.0 Å².